The molecule has 0 spiro atoms. The topological polar surface area (TPSA) is 78.2 Å². The van der Waals surface area contributed by atoms with Crippen LogP contribution < -0.4 is 4.74 Å². The molecule has 2 aromatic rings. The number of nitro groups is 1. The molecule has 2 rings (SSSR count). The van der Waals surface area contributed by atoms with Crippen molar-refractivity contribution in [2.45, 2.75) is 0 Å². The van der Waals surface area contributed by atoms with Gasteiger partial charge in [-0.1, -0.05) is 11.6 Å². The Labute approximate surface area is 115 Å². The molecule has 1 aromatic carbocycles. The molecule has 18 heavy (non-hydrogen) atoms. The second-order valence-corrected chi connectivity index (χ2v) is 4.51. The summed E-state index contributed by atoms with van der Waals surface area (Å²) in [4.78, 5) is 18.0. The van der Waals surface area contributed by atoms with Gasteiger partial charge in [0.2, 0.25) is 5.75 Å². The van der Waals surface area contributed by atoms with Gasteiger partial charge in [0.05, 0.1) is 9.40 Å². The van der Waals surface area contributed by atoms with E-state index in [0.717, 1.165) is 0 Å². The van der Waals surface area contributed by atoms with Gasteiger partial charge in [0.1, 0.15) is 0 Å². The minimum Gasteiger partial charge on any atom is -0.417 e. The number of hydrogen-bond donors (Lipinski definition) is 0. The van der Waals surface area contributed by atoms with Gasteiger partial charge in [0.25, 0.3) is 0 Å². The zero-order valence-electron chi connectivity index (χ0n) is 8.71. The summed E-state index contributed by atoms with van der Waals surface area (Å²) in [6, 6.07) is 4.10. The molecule has 0 fully saturated rings. The van der Waals surface area contributed by atoms with E-state index in [2.05, 4.69) is 25.9 Å². The number of nitro benzene ring substituents is 1. The summed E-state index contributed by atoms with van der Waals surface area (Å²) in [6.45, 7) is 0. The van der Waals surface area contributed by atoms with Crippen LogP contribution in [0.5, 0.6) is 11.8 Å². The fraction of sp³-hybridized carbons (Fsp3) is 0. The molecule has 0 unspecified atom stereocenters. The Kier molecular flexibility index (Phi) is 3.73. The van der Waals surface area contributed by atoms with Crippen molar-refractivity contribution in [2.24, 2.45) is 0 Å². The Bertz CT molecular complexity index is 591. The average molecular weight is 331 g/mol. The Morgan fingerprint density at radius 3 is 2.61 bits per heavy atom. The highest BCUT2D eigenvalue weighted by molar-refractivity contribution is 9.10. The molecule has 0 radical (unpaired) electrons. The molecule has 6 nitrogen and oxygen atoms in total. The first-order valence-corrected chi connectivity index (χ1v) is 5.82. The number of aromatic nitrogens is 2. The standard InChI is InChI=1S/C10H5BrClN3O3/c11-6-4-13-10(14-5-6)18-9-2-1-7(12)3-8(9)15(16)17/h1-5H. The summed E-state index contributed by atoms with van der Waals surface area (Å²) in [7, 11) is 0. The first kappa shape index (κ1) is 12.7. The molecule has 0 atom stereocenters. The van der Waals surface area contributed by atoms with Crippen molar-refractivity contribution in [2.75, 3.05) is 0 Å². The van der Waals surface area contributed by atoms with E-state index in [-0.39, 0.29) is 22.5 Å². The molecule has 1 heterocycles. The lowest BCUT2D eigenvalue weighted by Crippen LogP contribution is -1.96. The molecule has 0 aliphatic rings. The highest BCUT2D eigenvalue weighted by atomic mass is 79.9. The van der Waals surface area contributed by atoms with Crippen LogP contribution in [0.4, 0.5) is 5.69 Å². The van der Waals surface area contributed by atoms with E-state index in [4.69, 9.17) is 16.3 Å². The minimum atomic E-state index is -0.583. The number of benzene rings is 1. The van der Waals surface area contributed by atoms with Crippen LogP contribution in [0.15, 0.2) is 35.1 Å². The van der Waals surface area contributed by atoms with Gasteiger partial charge in [-0.3, -0.25) is 10.1 Å². The third kappa shape index (κ3) is 2.93. The first-order valence-electron chi connectivity index (χ1n) is 4.65. The quantitative estimate of drug-likeness (QED) is 0.635. The molecule has 1 aromatic heterocycles. The number of nitrogens with zero attached hydrogens (tertiary/aromatic N) is 3. The lowest BCUT2D eigenvalue weighted by atomic mass is 10.3. The molecular formula is C10H5BrClN3O3. The predicted molar refractivity (Wildman–Crippen MR) is 67.9 cm³/mol. The fourth-order valence-corrected chi connectivity index (χ4v) is 1.54. The Hall–Kier alpha value is -1.73. The fourth-order valence-electron chi connectivity index (χ4n) is 1.17. The van der Waals surface area contributed by atoms with Crippen molar-refractivity contribution >= 4 is 33.2 Å². The van der Waals surface area contributed by atoms with Crippen molar-refractivity contribution in [1.29, 1.82) is 0 Å². The molecule has 92 valence electrons. The maximum Gasteiger partial charge on any atom is 0.322 e. The van der Waals surface area contributed by atoms with E-state index in [9.17, 15) is 10.1 Å². The van der Waals surface area contributed by atoms with Gasteiger partial charge < -0.3 is 4.74 Å². The van der Waals surface area contributed by atoms with Crippen molar-refractivity contribution in [3.8, 4) is 11.8 Å². The Morgan fingerprint density at radius 2 is 2.00 bits per heavy atom. The van der Waals surface area contributed by atoms with Gasteiger partial charge in [-0.05, 0) is 28.1 Å². The van der Waals surface area contributed by atoms with E-state index in [0.29, 0.717) is 4.47 Å². The predicted octanol–water partition coefficient (Wildman–Crippen LogP) is 3.59. The summed E-state index contributed by atoms with van der Waals surface area (Å²) < 4.78 is 5.92. The maximum absolute atomic E-state index is 10.8. The number of rotatable bonds is 3. The molecule has 0 aliphatic heterocycles. The largest absolute Gasteiger partial charge is 0.417 e. The molecule has 0 saturated carbocycles. The number of hydrogen-bond acceptors (Lipinski definition) is 5. The van der Waals surface area contributed by atoms with Crippen molar-refractivity contribution in [1.82, 2.24) is 9.97 Å². The van der Waals surface area contributed by atoms with E-state index >= 15 is 0 Å². The summed E-state index contributed by atoms with van der Waals surface area (Å²) in [5.41, 5.74) is -0.242. The van der Waals surface area contributed by atoms with Gasteiger partial charge >= 0.3 is 11.7 Å². The highest BCUT2D eigenvalue weighted by Crippen LogP contribution is 2.32. The van der Waals surface area contributed by atoms with Crippen molar-refractivity contribution < 1.29 is 9.66 Å². The molecule has 8 heteroatoms. The second kappa shape index (κ2) is 5.28. The number of ether oxygens (including phenoxy) is 1. The third-order valence-corrected chi connectivity index (χ3v) is 2.56. The summed E-state index contributed by atoms with van der Waals surface area (Å²) in [6.07, 6.45) is 2.95. The van der Waals surface area contributed by atoms with Gasteiger partial charge in [0.15, 0.2) is 0 Å². The van der Waals surface area contributed by atoms with Gasteiger partial charge in [-0.25, -0.2) is 9.97 Å². The SMILES string of the molecule is O=[N+]([O-])c1cc(Cl)ccc1Oc1ncc(Br)cn1. The number of halogens is 2. The van der Waals surface area contributed by atoms with Crippen molar-refractivity contribution in [3.05, 3.63) is 50.2 Å². The Balaban J connectivity index is 2.34. The lowest BCUT2D eigenvalue weighted by Gasteiger charge is -2.04. The summed E-state index contributed by atoms with van der Waals surface area (Å²) >= 11 is 8.86. The minimum absolute atomic E-state index is 0.0172. The van der Waals surface area contributed by atoms with E-state index in [1.807, 2.05) is 0 Å². The van der Waals surface area contributed by atoms with E-state index in [1.54, 1.807) is 0 Å². The van der Waals surface area contributed by atoms with Crippen LogP contribution >= 0.6 is 27.5 Å². The van der Waals surface area contributed by atoms with Gasteiger partial charge in [0, 0.05) is 23.5 Å². The Morgan fingerprint density at radius 1 is 1.33 bits per heavy atom. The van der Waals surface area contributed by atoms with Crippen LogP contribution in [-0.4, -0.2) is 14.9 Å². The first-order chi connectivity index (χ1) is 8.56. The maximum atomic E-state index is 10.8. The van der Waals surface area contributed by atoms with Gasteiger partial charge in [-0.2, -0.15) is 0 Å². The highest BCUT2D eigenvalue weighted by Gasteiger charge is 2.17. The third-order valence-electron chi connectivity index (χ3n) is 1.92. The molecule has 0 bridgehead atoms. The second-order valence-electron chi connectivity index (χ2n) is 3.16. The summed E-state index contributed by atoms with van der Waals surface area (Å²) in [5, 5.41) is 11.1. The zero-order chi connectivity index (χ0) is 13.1. The van der Waals surface area contributed by atoms with Crippen LogP contribution in [-0.2, 0) is 0 Å². The monoisotopic (exact) mass is 329 g/mol. The van der Waals surface area contributed by atoms with Crippen LogP contribution in [0.2, 0.25) is 5.02 Å². The van der Waals surface area contributed by atoms with E-state index < -0.39 is 4.92 Å². The molecule has 0 aliphatic carbocycles. The van der Waals surface area contributed by atoms with Crippen LogP contribution in [0.3, 0.4) is 0 Å². The van der Waals surface area contributed by atoms with Crippen LogP contribution in [0.1, 0.15) is 0 Å². The smallest absolute Gasteiger partial charge is 0.322 e. The van der Waals surface area contributed by atoms with Crippen LogP contribution in [0.25, 0.3) is 0 Å². The molecule has 0 N–H and O–H groups in total. The normalized spacial score (nSPS) is 10.1. The zero-order valence-corrected chi connectivity index (χ0v) is 11.1. The molecular weight excluding hydrogens is 325 g/mol. The van der Waals surface area contributed by atoms with Crippen molar-refractivity contribution in [3.63, 3.8) is 0 Å². The molecule has 0 saturated heterocycles. The average Bonchev–Trinajstić information content (AvgIpc) is 2.34. The van der Waals surface area contributed by atoms with Crippen LogP contribution in [0, 0.1) is 10.1 Å². The summed E-state index contributed by atoms with van der Waals surface area (Å²) in [5.74, 6) is 0.0340. The van der Waals surface area contributed by atoms with E-state index in [1.165, 1.54) is 30.6 Å². The van der Waals surface area contributed by atoms with Gasteiger partial charge in [-0.15, -0.1) is 0 Å². The molecule has 0 amide bonds. The lowest BCUT2D eigenvalue weighted by molar-refractivity contribution is -0.385.